The average Bonchev–Trinajstić information content (AvgIpc) is 2.86. The number of nitrogens with zero attached hydrogens (tertiary/aromatic N) is 3. The van der Waals surface area contributed by atoms with E-state index in [1.807, 2.05) is 0 Å². The molecular weight excluding hydrogens is 303 g/mol. The van der Waals surface area contributed by atoms with E-state index in [4.69, 9.17) is 0 Å². The summed E-state index contributed by atoms with van der Waals surface area (Å²) in [6.45, 7) is 0. The third-order valence-corrected chi connectivity index (χ3v) is 3.71. The predicted octanol–water partition coefficient (Wildman–Crippen LogP) is 3.60. The van der Waals surface area contributed by atoms with Gasteiger partial charge in [-0.25, -0.2) is 9.50 Å². The standard InChI is InChI=1S/C13H8F3N3OS/c14-13(15,16)11-7-10-12(17-5-6-19(10)18-11)21-9-3-1-8(20)2-4-9/h1-7,20H. The Morgan fingerprint density at radius 2 is 1.86 bits per heavy atom. The lowest BCUT2D eigenvalue weighted by Gasteiger charge is -2.02. The van der Waals surface area contributed by atoms with Crippen molar-refractivity contribution in [3.63, 3.8) is 0 Å². The van der Waals surface area contributed by atoms with E-state index in [2.05, 4.69) is 10.1 Å². The Hall–Kier alpha value is -2.22. The summed E-state index contributed by atoms with van der Waals surface area (Å²) in [6.07, 6.45) is -1.74. The molecule has 0 aliphatic carbocycles. The van der Waals surface area contributed by atoms with E-state index in [9.17, 15) is 18.3 Å². The second kappa shape index (κ2) is 4.96. The van der Waals surface area contributed by atoms with Crippen LogP contribution in [0.25, 0.3) is 5.52 Å². The maximum Gasteiger partial charge on any atom is 0.435 e. The quantitative estimate of drug-likeness (QED) is 0.785. The first-order chi connectivity index (χ1) is 9.93. The van der Waals surface area contributed by atoms with Crippen molar-refractivity contribution in [2.45, 2.75) is 16.1 Å². The van der Waals surface area contributed by atoms with Gasteiger partial charge in [-0.3, -0.25) is 0 Å². The highest BCUT2D eigenvalue weighted by Gasteiger charge is 2.34. The topological polar surface area (TPSA) is 50.4 Å². The molecule has 3 aromatic rings. The summed E-state index contributed by atoms with van der Waals surface area (Å²) in [6, 6.07) is 7.29. The molecule has 1 N–H and O–H groups in total. The van der Waals surface area contributed by atoms with E-state index in [0.717, 1.165) is 15.5 Å². The highest BCUT2D eigenvalue weighted by Crippen LogP contribution is 2.33. The summed E-state index contributed by atoms with van der Waals surface area (Å²) in [7, 11) is 0. The number of fused-ring (bicyclic) bond motifs is 1. The van der Waals surface area contributed by atoms with Crippen molar-refractivity contribution in [1.29, 1.82) is 0 Å². The van der Waals surface area contributed by atoms with Crippen molar-refractivity contribution < 1.29 is 18.3 Å². The second-order valence-electron chi connectivity index (χ2n) is 4.19. The highest BCUT2D eigenvalue weighted by atomic mass is 32.2. The predicted molar refractivity (Wildman–Crippen MR) is 70.2 cm³/mol. The van der Waals surface area contributed by atoms with Crippen molar-refractivity contribution in [2.24, 2.45) is 0 Å². The first-order valence-corrected chi connectivity index (χ1v) is 6.63. The molecule has 108 valence electrons. The van der Waals surface area contributed by atoms with Gasteiger partial charge in [-0.05, 0) is 30.3 Å². The molecule has 0 aliphatic rings. The van der Waals surface area contributed by atoms with E-state index >= 15 is 0 Å². The number of benzene rings is 1. The first kappa shape index (κ1) is 13.7. The monoisotopic (exact) mass is 311 g/mol. The number of aromatic nitrogens is 3. The van der Waals surface area contributed by atoms with Gasteiger partial charge in [0, 0.05) is 17.3 Å². The Bertz CT molecular complexity index is 783. The van der Waals surface area contributed by atoms with Crippen LogP contribution < -0.4 is 0 Å². The fraction of sp³-hybridized carbons (Fsp3) is 0.0769. The van der Waals surface area contributed by atoms with Gasteiger partial charge in [0.1, 0.15) is 10.8 Å². The SMILES string of the molecule is Oc1ccc(Sc2nccn3nc(C(F)(F)F)cc23)cc1. The maximum absolute atomic E-state index is 12.7. The Morgan fingerprint density at radius 1 is 1.14 bits per heavy atom. The van der Waals surface area contributed by atoms with E-state index in [1.54, 1.807) is 12.1 Å². The van der Waals surface area contributed by atoms with Crippen LogP contribution in [0.2, 0.25) is 0 Å². The zero-order valence-corrected chi connectivity index (χ0v) is 11.2. The molecule has 2 aromatic heterocycles. The van der Waals surface area contributed by atoms with Gasteiger partial charge in [0.15, 0.2) is 5.69 Å². The highest BCUT2D eigenvalue weighted by molar-refractivity contribution is 7.99. The van der Waals surface area contributed by atoms with E-state index in [-0.39, 0.29) is 11.3 Å². The third-order valence-electron chi connectivity index (χ3n) is 2.70. The molecule has 0 fully saturated rings. The van der Waals surface area contributed by atoms with Crippen LogP contribution >= 0.6 is 11.8 Å². The summed E-state index contributed by atoms with van der Waals surface area (Å²) in [5.74, 6) is 0.120. The molecule has 0 amide bonds. The molecule has 3 rings (SSSR count). The molecule has 0 bridgehead atoms. The van der Waals surface area contributed by atoms with Crippen molar-refractivity contribution in [1.82, 2.24) is 14.6 Å². The minimum atomic E-state index is -4.49. The fourth-order valence-electron chi connectivity index (χ4n) is 1.74. The molecular formula is C13H8F3N3OS. The Kier molecular flexibility index (Phi) is 3.25. The van der Waals surface area contributed by atoms with E-state index in [0.29, 0.717) is 5.03 Å². The molecule has 2 heterocycles. The molecule has 0 spiro atoms. The fourth-order valence-corrected chi connectivity index (χ4v) is 2.61. The minimum absolute atomic E-state index is 0.120. The van der Waals surface area contributed by atoms with Gasteiger partial charge in [-0.15, -0.1) is 0 Å². The zero-order valence-electron chi connectivity index (χ0n) is 10.4. The van der Waals surface area contributed by atoms with Gasteiger partial charge < -0.3 is 5.11 Å². The van der Waals surface area contributed by atoms with Gasteiger partial charge in [-0.2, -0.15) is 18.3 Å². The average molecular weight is 311 g/mol. The summed E-state index contributed by atoms with van der Waals surface area (Å²) in [4.78, 5) is 4.85. The van der Waals surface area contributed by atoms with Crippen LogP contribution in [0.5, 0.6) is 5.75 Å². The lowest BCUT2D eigenvalue weighted by Crippen LogP contribution is -2.05. The van der Waals surface area contributed by atoms with Gasteiger partial charge in [0.25, 0.3) is 0 Å². The number of phenols is 1. The lowest BCUT2D eigenvalue weighted by molar-refractivity contribution is -0.141. The van der Waals surface area contributed by atoms with Crippen LogP contribution in [0.15, 0.2) is 52.6 Å². The lowest BCUT2D eigenvalue weighted by atomic mass is 10.3. The Labute approximate surface area is 121 Å². The molecule has 8 heteroatoms. The summed E-state index contributed by atoms with van der Waals surface area (Å²) in [5.41, 5.74) is -0.675. The normalized spacial score (nSPS) is 12.0. The third kappa shape index (κ3) is 2.80. The van der Waals surface area contributed by atoms with Crippen LogP contribution in [0.3, 0.4) is 0 Å². The van der Waals surface area contributed by atoms with Gasteiger partial charge >= 0.3 is 6.18 Å². The van der Waals surface area contributed by atoms with Crippen molar-refractivity contribution >= 4 is 17.3 Å². The maximum atomic E-state index is 12.7. The van der Waals surface area contributed by atoms with Crippen molar-refractivity contribution in [3.8, 4) is 5.75 Å². The van der Waals surface area contributed by atoms with Crippen LogP contribution in [0, 0.1) is 0 Å². The van der Waals surface area contributed by atoms with Gasteiger partial charge in [-0.1, -0.05) is 11.8 Å². The number of aromatic hydroxyl groups is 1. The van der Waals surface area contributed by atoms with Gasteiger partial charge in [0.2, 0.25) is 0 Å². The minimum Gasteiger partial charge on any atom is -0.508 e. The Morgan fingerprint density at radius 3 is 2.52 bits per heavy atom. The van der Waals surface area contributed by atoms with Crippen LogP contribution in [-0.2, 0) is 6.18 Å². The second-order valence-corrected chi connectivity index (χ2v) is 5.25. The number of halogens is 3. The summed E-state index contributed by atoms with van der Waals surface area (Å²) < 4.78 is 39.2. The Balaban J connectivity index is 2.02. The summed E-state index contributed by atoms with van der Waals surface area (Å²) >= 11 is 1.20. The van der Waals surface area contributed by atoms with Crippen molar-refractivity contribution in [2.75, 3.05) is 0 Å². The summed E-state index contributed by atoms with van der Waals surface area (Å²) in [5, 5.41) is 13.1. The molecule has 1 aromatic carbocycles. The number of hydrogen-bond donors (Lipinski definition) is 1. The number of alkyl halides is 3. The van der Waals surface area contributed by atoms with Gasteiger partial charge in [0.05, 0.1) is 5.52 Å². The number of phenolic OH excluding ortho intramolecular Hbond substituents is 1. The smallest absolute Gasteiger partial charge is 0.435 e. The molecule has 0 atom stereocenters. The van der Waals surface area contributed by atoms with Crippen LogP contribution in [0.1, 0.15) is 5.69 Å². The van der Waals surface area contributed by atoms with Crippen LogP contribution in [0.4, 0.5) is 13.2 Å². The van der Waals surface area contributed by atoms with E-state index < -0.39 is 11.9 Å². The largest absolute Gasteiger partial charge is 0.508 e. The molecule has 0 saturated carbocycles. The van der Waals surface area contributed by atoms with E-state index in [1.165, 1.54) is 36.3 Å². The molecule has 0 unspecified atom stereocenters. The molecule has 0 saturated heterocycles. The van der Waals surface area contributed by atoms with Crippen molar-refractivity contribution in [3.05, 3.63) is 48.4 Å². The number of rotatable bonds is 2. The molecule has 4 nitrogen and oxygen atoms in total. The molecule has 0 radical (unpaired) electrons. The molecule has 21 heavy (non-hydrogen) atoms. The number of hydrogen-bond acceptors (Lipinski definition) is 4. The molecule has 0 aliphatic heterocycles. The van der Waals surface area contributed by atoms with Crippen LogP contribution in [-0.4, -0.2) is 19.7 Å². The zero-order chi connectivity index (χ0) is 15.0. The first-order valence-electron chi connectivity index (χ1n) is 5.82.